The molecule has 6 nitrogen and oxygen atoms in total. The van der Waals surface area contributed by atoms with Gasteiger partial charge in [-0.1, -0.05) is 42.5 Å². The normalized spacial score (nSPS) is 10.9. The monoisotopic (exact) mass is 470 g/mol. The third-order valence-electron chi connectivity index (χ3n) is 4.66. The third-order valence-corrected chi connectivity index (χ3v) is 4.66. The fourth-order valence-corrected chi connectivity index (χ4v) is 3.10. The molecule has 0 unspecified atom stereocenters. The van der Waals surface area contributed by atoms with Gasteiger partial charge in [0.25, 0.3) is 5.91 Å². The second-order valence-corrected chi connectivity index (χ2v) is 7.19. The molecular formula is C25H21F3N2O4. The van der Waals surface area contributed by atoms with Crippen LogP contribution in [0.1, 0.15) is 18.4 Å². The van der Waals surface area contributed by atoms with E-state index in [0.717, 1.165) is 18.2 Å². The molecule has 3 aromatic carbocycles. The molecule has 0 saturated carbocycles. The van der Waals surface area contributed by atoms with Gasteiger partial charge < -0.3 is 10.1 Å². The average Bonchev–Trinajstić information content (AvgIpc) is 2.82. The molecule has 0 atom stereocenters. The summed E-state index contributed by atoms with van der Waals surface area (Å²) in [6.45, 7) is -0.690. The summed E-state index contributed by atoms with van der Waals surface area (Å²) < 4.78 is 43.2. The minimum Gasteiger partial charge on any atom is -0.456 e. The van der Waals surface area contributed by atoms with Crippen molar-refractivity contribution in [1.82, 2.24) is 0 Å². The molecule has 176 valence electrons. The Morgan fingerprint density at radius 1 is 0.794 bits per heavy atom. The highest BCUT2D eigenvalue weighted by atomic mass is 19.4. The zero-order chi connectivity index (χ0) is 24.6. The van der Waals surface area contributed by atoms with Crippen LogP contribution in [0.2, 0.25) is 0 Å². The maximum absolute atomic E-state index is 12.9. The van der Waals surface area contributed by atoms with E-state index in [-0.39, 0.29) is 24.4 Å². The van der Waals surface area contributed by atoms with Crippen LogP contribution >= 0.6 is 0 Å². The number of rotatable bonds is 8. The number of alkyl halides is 3. The molecule has 0 bridgehead atoms. The first-order valence-corrected chi connectivity index (χ1v) is 10.3. The van der Waals surface area contributed by atoms with Crippen molar-refractivity contribution in [3.8, 4) is 0 Å². The molecule has 9 heteroatoms. The van der Waals surface area contributed by atoms with Crippen molar-refractivity contribution < 1.29 is 32.3 Å². The number of halogens is 3. The Kier molecular flexibility index (Phi) is 8.02. The molecule has 0 spiro atoms. The SMILES string of the molecule is O=C(COC(=O)CCC(=O)N(c1ccccc1)c1ccccc1)Nc1cccc(C(F)(F)F)c1. The van der Waals surface area contributed by atoms with Gasteiger partial charge in [0.15, 0.2) is 6.61 Å². The lowest BCUT2D eigenvalue weighted by atomic mass is 10.2. The lowest BCUT2D eigenvalue weighted by molar-refractivity contribution is -0.148. The number of anilines is 3. The minimum atomic E-state index is -4.55. The first kappa shape index (κ1) is 24.5. The number of carbonyl (C=O) groups is 3. The van der Waals surface area contributed by atoms with Gasteiger partial charge in [0.05, 0.1) is 12.0 Å². The predicted molar refractivity (Wildman–Crippen MR) is 120 cm³/mol. The van der Waals surface area contributed by atoms with Gasteiger partial charge in [-0.2, -0.15) is 13.2 Å². The second-order valence-electron chi connectivity index (χ2n) is 7.19. The number of carbonyl (C=O) groups excluding carboxylic acids is 3. The van der Waals surface area contributed by atoms with Crippen molar-refractivity contribution in [2.45, 2.75) is 19.0 Å². The number of amides is 2. The van der Waals surface area contributed by atoms with Crippen molar-refractivity contribution >= 4 is 34.8 Å². The molecule has 2 amide bonds. The fraction of sp³-hybridized carbons (Fsp3) is 0.160. The second kappa shape index (κ2) is 11.1. The van der Waals surface area contributed by atoms with Crippen LogP contribution in [0, 0.1) is 0 Å². The minimum absolute atomic E-state index is 0.0765. The summed E-state index contributed by atoms with van der Waals surface area (Å²) >= 11 is 0. The lowest BCUT2D eigenvalue weighted by Gasteiger charge is -2.23. The molecule has 0 aliphatic carbocycles. The number of benzene rings is 3. The van der Waals surface area contributed by atoms with E-state index in [2.05, 4.69) is 5.32 Å². The van der Waals surface area contributed by atoms with Crippen LogP contribution in [-0.2, 0) is 25.3 Å². The van der Waals surface area contributed by atoms with Gasteiger partial charge in [0, 0.05) is 23.5 Å². The Balaban J connectivity index is 1.53. The van der Waals surface area contributed by atoms with E-state index in [1.54, 1.807) is 48.5 Å². The quantitative estimate of drug-likeness (QED) is 0.452. The molecule has 0 aliphatic heterocycles. The molecule has 1 N–H and O–H groups in total. The van der Waals surface area contributed by atoms with Gasteiger partial charge in [-0.15, -0.1) is 0 Å². The highest BCUT2D eigenvalue weighted by molar-refractivity contribution is 6.01. The summed E-state index contributed by atoms with van der Waals surface area (Å²) in [5, 5.41) is 2.24. The lowest BCUT2D eigenvalue weighted by Crippen LogP contribution is -2.27. The van der Waals surface area contributed by atoms with E-state index in [4.69, 9.17) is 4.74 Å². The number of nitrogens with zero attached hydrogens (tertiary/aromatic N) is 1. The van der Waals surface area contributed by atoms with Gasteiger partial charge >= 0.3 is 12.1 Å². The van der Waals surface area contributed by atoms with Crippen LogP contribution in [-0.4, -0.2) is 24.4 Å². The maximum atomic E-state index is 12.9. The van der Waals surface area contributed by atoms with Crippen molar-refractivity contribution in [1.29, 1.82) is 0 Å². The van der Waals surface area contributed by atoms with Crippen LogP contribution in [0.5, 0.6) is 0 Å². The number of para-hydroxylation sites is 2. The van der Waals surface area contributed by atoms with Crippen LogP contribution in [0.4, 0.5) is 30.2 Å². The molecule has 0 aromatic heterocycles. The van der Waals surface area contributed by atoms with Crippen LogP contribution < -0.4 is 10.2 Å². The van der Waals surface area contributed by atoms with Crippen molar-refractivity contribution in [2.24, 2.45) is 0 Å². The number of nitrogens with one attached hydrogen (secondary N) is 1. The summed E-state index contributed by atoms with van der Waals surface area (Å²) in [5.41, 5.74) is 0.273. The molecule has 0 radical (unpaired) electrons. The van der Waals surface area contributed by atoms with Crippen molar-refractivity contribution in [3.05, 3.63) is 90.5 Å². The van der Waals surface area contributed by atoms with Gasteiger partial charge in [0.2, 0.25) is 5.91 Å². The Bertz CT molecular complexity index is 1100. The first-order chi connectivity index (χ1) is 16.2. The van der Waals surface area contributed by atoms with Gasteiger partial charge in [-0.3, -0.25) is 19.3 Å². The van der Waals surface area contributed by atoms with E-state index in [9.17, 15) is 27.6 Å². The number of hydrogen-bond donors (Lipinski definition) is 1. The Morgan fingerprint density at radius 2 is 1.38 bits per heavy atom. The highest BCUT2D eigenvalue weighted by Crippen LogP contribution is 2.30. The molecule has 3 rings (SSSR count). The van der Waals surface area contributed by atoms with Crippen molar-refractivity contribution in [2.75, 3.05) is 16.8 Å². The number of esters is 1. The summed E-state index contributed by atoms with van der Waals surface area (Å²) in [6, 6.07) is 21.9. The zero-order valence-corrected chi connectivity index (χ0v) is 17.9. The maximum Gasteiger partial charge on any atom is 0.416 e. The summed E-state index contributed by atoms with van der Waals surface area (Å²) in [5.74, 6) is -1.93. The topological polar surface area (TPSA) is 75.7 Å². The smallest absolute Gasteiger partial charge is 0.416 e. The van der Waals surface area contributed by atoms with E-state index in [0.29, 0.717) is 11.4 Å². The van der Waals surface area contributed by atoms with E-state index < -0.39 is 30.2 Å². The molecule has 0 fully saturated rings. The summed E-state index contributed by atoms with van der Waals surface area (Å²) in [7, 11) is 0. The summed E-state index contributed by atoms with van der Waals surface area (Å²) in [4.78, 5) is 38.4. The summed E-state index contributed by atoms with van der Waals surface area (Å²) in [6.07, 6.45) is -4.99. The Hall–Kier alpha value is -4.14. The van der Waals surface area contributed by atoms with Gasteiger partial charge in [-0.05, 0) is 42.5 Å². The average molecular weight is 470 g/mol. The molecule has 34 heavy (non-hydrogen) atoms. The molecule has 0 aliphatic rings. The van der Waals surface area contributed by atoms with E-state index in [1.807, 2.05) is 12.1 Å². The van der Waals surface area contributed by atoms with Crippen LogP contribution in [0.3, 0.4) is 0 Å². The van der Waals surface area contributed by atoms with E-state index in [1.165, 1.54) is 11.0 Å². The molecule has 3 aromatic rings. The standard InChI is InChI=1S/C25H21F3N2O4/c26-25(27,28)18-8-7-9-19(16-18)29-22(31)17-34-24(33)15-14-23(32)30(20-10-3-1-4-11-20)21-12-5-2-6-13-21/h1-13,16H,14-15,17H2,(H,29,31). The third kappa shape index (κ3) is 6.93. The van der Waals surface area contributed by atoms with Crippen LogP contribution in [0.15, 0.2) is 84.9 Å². The zero-order valence-electron chi connectivity index (χ0n) is 17.9. The Labute approximate surface area is 194 Å². The molecular weight excluding hydrogens is 449 g/mol. The fourth-order valence-electron chi connectivity index (χ4n) is 3.10. The predicted octanol–water partition coefficient (Wildman–Crippen LogP) is 5.33. The van der Waals surface area contributed by atoms with Crippen LogP contribution in [0.25, 0.3) is 0 Å². The van der Waals surface area contributed by atoms with Gasteiger partial charge in [-0.25, -0.2) is 0 Å². The number of hydrogen-bond acceptors (Lipinski definition) is 4. The van der Waals surface area contributed by atoms with Crippen molar-refractivity contribution in [3.63, 3.8) is 0 Å². The largest absolute Gasteiger partial charge is 0.456 e. The Morgan fingerprint density at radius 3 is 1.94 bits per heavy atom. The highest BCUT2D eigenvalue weighted by Gasteiger charge is 2.30. The number of ether oxygens (including phenoxy) is 1. The van der Waals surface area contributed by atoms with Gasteiger partial charge in [0.1, 0.15) is 0 Å². The van der Waals surface area contributed by atoms with E-state index >= 15 is 0 Å². The molecule has 0 saturated heterocycles. The molecule has 0 heterocycles. The first-order valence-electron chi connectivity index (χ1n) is 10.3.